The first-order chi connectivity index (χ1) is 14.6. The number of carbonyl (C=O) groups excluding carboxylic acids is 1. The summed E-state index contributed by atoms with van der Waals surface area (Å²) < 4.78 is 16.7. The molecule has 1 aromatic heterocycles. The van der Waals surface area contributed by atoms with E-state index in [1.807, 2.05) is 27.7 Å². The molecule has 10 heteroatoms. The van der Waals surface area contributed by atoms with E-state index in [4.69, 9.17) is 0 Å². The second-order valence-corrected chi connectivity index (χ2v) is 9.36. The predicted octanol–water partition coefficient (Wildman–Crippen LogP) is 3.92. The molecule has 0 aliphatic heterocycles. The number of benzene rings is 1. The van der Waals surface area contributed by atoms with Crippen LogP contribution in [0.15, 0.2) is 39.7 Å². The molecular weight excluding hydrogens is 416 g/mol. The number of anilines is 3. The van der Waals surface area contributed by atoms with Gasteiger partial charge in [-0.3, -0.25) is 0 Å². The van der Waals surface area contributed by atoms with Crippen molar-refractivity contribution in [1.29, 1.82) is 0 Å². The monoisotopic (exact) mass is 450 g/mol. The lowest BCUT2D eigenvalue weighted by Crippen LogP contribution is -2.28. The maximum Gasteiger partial charge on any atom is 0.349 e. The van der Waals surface area contributed by atoms with Gasteiger partial charge in [-0.05, 0) is 45.9 Å². The highest BCUT2D eigenvalue weighted by molar-refractivity contribution is 7.93. The number of carbonyl (C=O) groups is 1. The number of aryl methyl sites for hydroxylation is 1. The van der Waals surface area contributed by atoms with Crippen molar-refractivity contribution >= 4 is 33.2 Å². The fourth-order valence-electron chi connectivity index (χ4n) is 2.35. The van der Waals surface area contributed by atoms with Gasteiger partial charge >= 0.3 is 6.03 Å². The smallest absolute Gasteiger partial charge is 0.349 e. The molecule has 0 bridgehead atoms. The van der Waals surface area contributed by atoms with Crippen molar-refractivity contribution in [3.63, 3.8) is 0 Å². The Balaban J connectivity index is 0.00000233. The molecule has 2 amide bonds. The highest BCUT2D eigenvalue weighted by Gasteiger charge is 2.12. The number of aromatic nitrogens is 2. The van der Waals surface area contributed by atoms with Crippen molar-refractivity contribution in [2.75, 3.05) is 23.5 Å². The van der Waals surface area contributed by atoms with E-state index in [0.717, 1.165) is 5.56 Å². The largest absolute Gasteiger partial charge is 0.394 e. The molecule has 0 radical (unpaired) electrons. The minimum atomic E-state index is -2.91. The van der Waals surface area contributed by atoms with E-state index in [0.29, 0.717) is 22.3 Å². The average molecular weight is 451 g/mol. The molecule has 0 fully saturated rings. The molecule has 0 saturated carbocycles. The van der Waals surface area contributed by atoms with Gasteiger partial charge in [0.05, 0.1) is 16.3 Å². The van der Waals surface area contributed by atoms with Crippen LogP contribution in [0, 0.1) is 6.92 Å². The molecule has 172 valence electrons. The minimum Gasteiger partial charge on any atom is -0.394 e. The van der Waals surface area contributed by atoms with Crippen molar-refractivity contribution in [3.05, 3.63) is 36.0 Å². The number of rotatable bonds is 7. The lowest BCUT2D eigenvalue weighted by atomic mass is 10.3. The number of urea groups is 1. The van der Waals surface area contributed by atoms with Gasteiger partial charge in [0.15, 0.2) is 0 Å². The second kappa shape index (κ2) is 12.2. The summed E-state index contributed by atoms with van der Waals surface area (Å²) in [7, 11) is -2.91. The number of nitrogens with one attached hydrogen (secondary N) is 3. The Bertz CT molecular complexity index is 987. The SMILES string of the molecule is CC.Cc1cnc(Nc2cccc(S(C)(=O)=NC(=O)NC(C)C)c2)nc1N[C@H](C)CO. The van der Waals surface area contributed by atoms with Gasteiger partial charge in [0.1, 0.15) is 5.82 Å². The summed E-state index contributed by atoms with van der Waals surface area (Å²) >= 11 is 0. The quantitative estimate of drug-likeness (QED) is 0.503. The van der Waals surface area contributed by atoms with Crippen LogP contribution in [-0.4, -0.2) is 50.3 Å². The zero-order valence-electron chi connectivity index (χ0n) is 19.3. The zero-order chi connectivity index (χ0) is 23.6. The Morgan fingerprint density at radius 1 is 1.26 bits per heavy atom. The van der Waals surface area contributed by atoms with Crippen LogP contribution in [0.25, 0.3) is 0 Å². The third kappa shape index (κ3) is 8.50. The molecule has 2 rings (SSSR count). The summed E-state index contributed by atoms with van der Waals surface area (Å²) in [4.78, 5) is 21.0. The van der Waals surface area contributed by atoms with Crippen LogP contribution < -0.4 is 16.0 Å². The van der Waals surface area contributed by atoms with Crippen LogP contribution >= 0.6 is 0 Å². The van der Waals surface area contributed by atoms with Gasteiger partial charge < -0.3 is 21.1 Å². The standard InChI is InChI=1S/C19H28N6O3S.C2H6/c1-12(2)21-19(27)25-29(5,28)16-8-6-7-15(9-16)23-18-20-10-13(3)17(24-18)22-14(4)11-26;1-2/h6-10,12,14,26H,11H2,1-5H3,(H,21,27)(H2,20,22,23,24);1-2H3/t14-,29?;/m1./s1. The highest BCUT2D eigenvalue weighted by atomic mass is 32.2. The van der Waals surface area contributed by atoms with Crippen LogP contribution in [0.4, 0.5) is 22.2 Å². The van der Waals surface area contributed by atoms with Crippen molar-refractivity contribution < 1.29 is 14.1 Å². The Morgan fingerprint density at radius 3 is 2.55 bits per heavy atom. The van der Waals surface area contributed by atoms with Gasteiger partial charge in [0.2, 0.25) is 5.95 Å². The number of hydrogen-bond donors (Lipinski definition) is 4. The van der Waals surface area contributed by atoms with E-state index >= 15 is 0 Å². The Hall–Kier alpha value is -2.72. The first-order valence-corrected chi connectivity index (χ1v) is 12.1. The third-order valence-electron chi connectivity index (χ3n) is 3.83. The number of amides is 2. The lowest BCUT2D eigenvalue weighted by Gasteiger charge is -2.15. The summed E-state index contributed by atoms with van der Waals surface area (Å²) in [5.41, 5.74) is 1.46. The van der Waals surface area contributed by atoms with Crippen LogP contribution in [-0.2, 0) is 9.73 Å². The number of nitrogens with zero attached hydrogens (tertiary/aromatic N) is 3. The van der Waals surface area contributed by atoms with Crippen LogP contribution in [0.3, 0.4) is 0 Å². The minimum absolute atomic E-state index is 0.0208. The second-order valence-electron chi connectivity index (χ2n) is 7.10. The fraction of sp³-hybridized carbons (Fsp3) is 0.476. The molecule has 0 aliphatic rings. The van der Waals surface area contributed by atoms with Gasteiger partial charge in [-0.15, -0.1) is 4.36 Å². The van der Waals surface area contributed by atoms with Crippen LogP contribution in [0.5, 0.6) is 0 Å². The van der Waals surface area contributed by atoms with E-state index in [9.17, 15) is 14.1 Å². The molecule has 4 N–H and O–H groups in total. The molecule has 2 atom stereocenters. The third-order valence-corrected chi connectivity index (χ3v) is 5.47. The Labute approximate surface area is 185 Å². The van der Waals surface area contributed by atoms with Crippen molar-refractivity contribution in [3.8, 4) is 0 Å². The van der Waals surface area contributed by atoms with Gasteiger partial charge in [0, 0.05) is 40.7 Å². The van der Waals surface area contributed by atoms with Gasteiger partial charge in [0.25, 0.3) is 0 Å². The van der Waals surface area contributed by atoms with Crippen LogP contribution in [0.1, 0.15) is 40.2 Å². The summed E-state index contributed by atoms with van der Waals surface area (Å²) in [6.45, 7) is 11.3. The molecule has 0 saturated heterocycles. The van der Waals surface area contributed by atoms with Crippen molar-refractivity contribution in [2.45, 2.75) is 58.5 Å². The summed E-state index contributed by atoms with van der Waals surface area (Å²) in [5, 5.41) is 18.0. The predicted molar refractivity (Wildman–Crippen MR) is 126 cm³/mol. The molecule has 2 aromatic rings. The first-order valence-electron chi connectivity index (χ1n) is 10.2. The summed E-state index contributed by atoms with van der Waals surface area (Å²) in [6.07, 6.45) is 3.09. The number of aliphatic hydroxyl groups is 1. The summed E-state index contributed by atoms with van der Waals surface area (Å²) in [5.74, 6) is 0.956. The number of aliphatic hydroxyl groups excluding tert-OH is 1. The number of hydrogen-bond acceptors (Lipinski definition) is 7. The van der Waals surface area contributed by atoms with E-state index in [-0.39, 0.29) is 18.7 Å². The van der Waals surface area contributed by atoms with Crippen molar-refractivity contribution in [2.24, 2.45) is 4.36 Å². The Kier molecular flexibility index (Phi) is 10.4. The van der Waals surface area contributed by atoms with E-state index in [2.05, 4.69) is 30.3 Å². The maximum atomic E-state index is 12.9. The van der Waals surface area contributed by atoms with Gasteiger partial charge in [-0.25, -0.2) is 14.0 Å². The van der Waals surface area contributed by atoms with E-state index < -0.39 is 15.8 Å². The van der Waals surface area contributed by atoms with Crippen LogP contribution in [0.2, 0.25) is 0 Å². The zero-order valence-corrected chi connectivity index (χ0v) is 20.1. The Morgan fingerprint density at radius 2 is 1.94 bits per heavy atom. The first kappa shape index (κ1) is 26.3. The van der Waals surface area contributed by atoms with Crippen molar-refractivity contribution in [1.82, 2.24) is 15.3 Å². The fourth-order valence-corrected chi connectivity index (χ4v) is 3.50. The molecule has 0 aliphatic carbocycles. The summed E-state index contributed by atoms with van der Waals surface area (Å²) in [6, 6.07) is 5.96. The molecule has 9 nitrogen and oxygen atoms in total. The van der Waals surface area contributed by atoms with Gasteiger partial charge in [-0.1, -0.05) is 19.9 Å². The average Bonchev–Trinajstić information content (AvgIpc) is 2.71. The topological polar surface area (TPSA) is 129 Å². The van der Waals surface area contributed by atoms with E-state index in [1.165, 1.54) is 6.26 Å². The molecule has 1 unspecified atom stereocenters. The van der Waals surface area contributed by atoms with Gasteiger partial charge in [-0.2, -0.15) is 4.98 Å². The molecule has 1 aromatic carbocycles. The molecule has 31 heavy (non-hydrogen) atoms. The van der Waals surface area contributed by atoms with E-state index in [1.54, 1.807) is 44.3 Å². The maximum absolute atomic E-state index is 12.9. The lowest BCUT2D eigenvalue weighted by molar-refractivity contribution is 0.247. The normalized spacial score (nSPS) is 13.3. The highest BCUT2D eigenvalue weighted by Crippen LogP contribution is 2.21. The molecule has 1 heterocycles. The molecular formula is C21H34N6O3S. The molecule has 0 spiro atoms.